The van der Waals surface area contributed by atoms with E-state index < -0.39 is 0 Å². The van der Waals surface area contributed by atoms with E-state index in [9.17, 15) is 9.50 Å². The molecule has 0 bridgehead atoms. The van der Waals surface area contributed by atoms with Crippen LogP contribution in [-0.2, 0) is 6.54 Å². The third kappa shape index (κ3) is 3.93. The lowest BCUT2D eigenvalue weighted by atomic mass is 9.97. The van der Waals surface area contributed by atoms with Crippen molar-refractivity contribution < 1.29 is 9.50 Å². The fraction of sp³-hybridized carbons (Fsp3) is 0.625. The van der Waals surface area contributed by atoms with Gasteiger partial charge in [-0.3, -0.25) is 0 Å². The molecule has 1 atom stereocenters. The lowest BCUT2D eigenvalue weighted by molar-refractivity contribution is 0.208. The van der Waals surface area contributed by atoms with Crippen molar-refractivity contribution in [1.29, 1.82) is 0 Å². The molecule has 1 fully saturated rings. The molecule has 2 rings (SSSR count). The Kier molecular flexibility index (Phi) is 5.38. The van der Waals surface area contributed by atoms with Gasteiger partial charge in [-0.05, 0) is 42.5 Å². The molecule has 112 valence electrons. The van der Waals surface area contributed by atoms with Crippen molar-refractivity contribution in [1.82, 2.24) is 5.32 Å². The summed E-state index contributed by atoms with van der Waals surface area (Å²) >= 11 is 0. The number of benzene rings is 1. The van der Waals surface area contributed by atoms with E-state index in [0.29, 0.717) is 18.5 Å². The Morgan fingerprint density at radius 1 is 1.45 bits per heavy atom. The molecule has 0 radical (unpaired) electrons. The third-order valence-corrected chi connectivity index (χ3v) is 3.86. The van der Waals surface area contributed by atoms with Crippen LogP contribution < -0.4 is 10.2 Å². The summed E-state index contributed by atoms with van der Waals surface area (Å²) < 4.78 is 13.5. The SMILES string of the molecule is CC(C)NCc1cc(F)ccc1N1CCCC(CO)C1. The highest BCUT2D eigenvalue weighted by atomic mass is 19.1. The number of piperidine rings is 1. The van der Waals surface area contributed by atoms with Crippen molar-refractivity contribution in [3.8, 4) is 0 Å². The van der Waals surface area contributed by atoms with E-state index in [4.69, 9.17) is 0 Å². The van der Waals surface area contributed by atoms with E-state index >= 15 is 0 Å². The summed E-state index contributed by atoms with van der Waals surface area (Å²) in [6.07, 6.45) is 2.16. The fourth-order valence-electron chi connectivity index (χ4n) is 2.75. The first-order chi connectivity index (χ1) is 9.60. The maximum absolute atomic E-state index is 13.5. The summed E-state index contributed by atoms with van der Waals surface area (Å²) in [4.78, 5) is 2.28. The second-order valence-corrected chi connectivity index (χ2v) is 5.95. The number of aliphatic hydroxyl groups excluding tert-OH is 1. The van der Waals surface area contributed by atoms with Gasteiger partial charge in [0.1, 0.15) is 5.82 Å². The van der Waals surface area contributed by atoms with Crippen molar-refractivity contribution >= 4 is 5.69 Å². The zero-order valence-electron chi connectivity index (χ0n) is 12.4. The first-order valence-corrected chi connectivity index (χ1v) is 7.47. The summed E-state index contributed by atoms with van der Waals surface area (Å²) in [6.45, 7) is 6.92. The molecular weight excluding hydrogens is 255 g/mol. The lowest BCUT2D eigenvalue weighted by Gasteiger charge is -2.35. The maximum Gasteiger partial charge on any atom is 0.123 e. The predicted molar refractivity (Wildman–Crippen MR) is 80.4 cm³/mol. The summed E-state index contributed by atoms with van der Waals surface area (Å²) in [5.74, 6) is 0.143. The highest BCUT2D eigenvalue weighted by Crippen LogP contribution is 2.27. The molecule has 1 aromatic carbocycles. The molecule has 1 heterocycles. The molecule has 0 spiro atoms. The molecule has 0 aliphatic carbocycles. The van der Waals surface area contributed by atoms with Gasteiger partial charge in [0, 0.05) is 38.0 Å². The molecule has 0 saturated carbocycles. The molecule has 1 saturated heterocycles. The smallest absolute Gasteiger partial charge is 0.123 e. The lowest BCUT2D eigenvalue weighted by Crippen LogP contribution is -2.37. The van der Waals surface area contributed by atoms with Crippen LogP contribution in [0.4, 0.5) is 10.1 Å². The topological polar surface area (TPSA) is 35.5 Å². The highest BCUT2D eigenvalue weighted by Gasteiger charge is 2.21. The monoisotopic (exact) mass is 280 g/mol. The summed E-state index contributed by atoms with van der Waals surface area (Å²) in [5, 5.41) is 12.7. The van der Waals surface area contributed by atoms with Crippen LogP contribution in [-0.4, -0.2) is 30.8 Å². The van der Waals surface area contributed by atoms with Gasteiger partial charge in [0.25, 0.3) is 0 Å². The van der Waals surface area contributed by atoms with E-state index in [-0.39, 0.29) is 12.4 Å². The Bertz CT molecular complexity index is 436. The van der Waals surface area contributed by atoms with Gasteiger partial charge in [-0.15, -0.1) is 0 Å². The molecule has 1 aromatic rings. The Balaban J connectivity index is 2.16. The molecule has 4 heteroatoms. The van der Waals surface area contributed by atoms with Crippen molar-refractivity contribution in [2.24, 2.45) is 5.92 Å². The molecule has 0 aromatic heterocycles. The second kappa shape index (κ2) is 7.04. The first-order valence-electron chi connectivity index (χ1n) is 7.47. The van der Waals surface area contributed by atoms with Gasteiger partial charge in [0.15, 0.2) is 0 Å². The Morgan fingerprint density at radius 3 is 2.95 bits per heavy atom. The zero-order chi connectivity index (χ0) is 14.5. The van der Waals surface area contributed by atoms with Crippen molar-refractivity contribution in [2.45, 2.75) is 39.3 Å². The summed E-state index contributed by atoms with van der Waals surface area (Å²) in [7, 11) is 0. The van der Waals surface area contributed by atoms with E-state index in [1.54, 1.807) is 6.07 Å². The molecule has 1 aliphatic rings. The Morgan fingerprint density at radius 2 is 2.25 bits per heavy atom. The molecule has 2 N–H and O–H groups in total. The van der Waals surface area contributed by atoms with Crippen LogP contribution >= 0.6 is 0 Å². The Labute approximate surface area is 120 Å². The van der Waals surface area contributed by atoms with Gasteiger partial charge in [-0.1, -0.05) is 13.8 Å². The normalized spacial score (nSPS) is 19.6. The summed E-state index contributed by atoms with van der Waals surface area (Å²) in [6, 6.07) is 5.38. The van der Waals surface area contributed by atoms with Crippen LogP contribution in [0.1, 0.15) is 32.3 Å². The van der Waals surface area contributed by atoms with Crippen molar-refractivity contribution in [2.75, 3.05) is 24.6 Å². The number of rotatable bonds is 5. The van der Waals surface area contributed by atoms with Gasteiger partial charge in [0.05, 0.1) is 0 Å². The maximum atomic E-state index is 13.5. The standard InChI is InChI=1S/C16H25FN2O/c1-12(2)18-9-14-8-15(17)5-6-16(14)19-7-3-4-13(10-19)11-20/h5-6,8,12-13,18,20H,3-4,7,9-11H2,1-2H3. The van der Waals surface area contributed by atoms with Crippen molar-refractivity contribution in [3.63, 3.8) is 0 Å². The number of nitrogens with one attached hydrogen (secondary N) is 1. The minimum atomic E-state index is -0.190. The van der Waals surface area contributed by atoms with Crippen LogP contribution in [0.5, 0.6) is 0 Å². The van der Waals surface area contributed by atoms with Gasteiger partial charge in [-0.2, -0.15) is 0 Å². The number of halogens is 1. The van der Waals surface area contributed by atoms with Crippen molar-refractivity contribution in [3.05, 3.63) is 29.6 Å². The van der Waals surface area contributed by atoms with Crippen LogP contribution in [0.2, 0.25) is 0 Å². The number of aliphatic hydroxyl groups is 1. The molecule has 1 aliphatic heterocycles. The summed E-state index contributed by atoms with van der Waals surface area (Å²) in [5.41, 5.74) is 2.09. The highest BCUT2D eigenvalue weighted by molar-refractivity contribution is 5.54. The van der Waals surface area contributed by atoms with Crippen LogP contribution in [0, 0.1) is 11.7 Å². The average molecular weight is 280 g/mol. The molecule has 20 heavy (non-hydrogen) atoms. The Hall–Kier alpha value is -1.13. The largest absolute Gasteiger partial charge is 0.396 e. The van der Waals surface area contributed by atoms with E-state index in [1.807, 2.05) is 6.07 Å². The number of anilines is 1. The molecule has 1 unspecified atom stereocenters. The van der Waals surface area contributed by atoms with E-state index in [2.05, 4.69) is 24.1 Å². The number of nitrogens with zero attached hydrogens (tertiary/aromatic N) is 1. The number of hydrogen-bond donors (Lipinski definition) is 2. The molecule has 3 nitrogen and oxygen atoms in total. The zero-order valence-corrected chi connectivity index (χ0v) is 12.4. The van der Waals surface area contributed by atoms with E-state index in [0.717, 1.165) is 37.2 Å². The van der Waals surface area contributed by atoms with Crippen LogP contribution in [0.3, 0.4) is 0 Å². The second-order valence-electron chi connectivity index (χ2n) is 5.95. The number of hydrogen-bond acceptors (Lipinski definition) is 3. The fourth-order valence-corrected chi connectivity index (χ4v) is 2.75. The van der Waals surface area contributed by atoms with Gasteiger partial charge < -0.3 is 15.3 Å². The predicted octanol–water partition coefficient (Wildman–Crippen LogP) is 2.53. The van der Waals surface area contributed by atoms with Gasteiger partial charge in [0.2, 0.25) is 0 Å². The van der Waals surface area contributed by atoms with Crippen LogP contribution in [0.25, 0.3) is 0 Å². The minimum absolute atomic E-state index is 0.190. The quantitative estimate of drug-likeness (QED) is 0.870. The van der Waals surface area contributed by atoms with Crippen LogP contribution in [0.15, 0.2) is 18.2 Å². The molecular formula is C16H25FN2O. The van der Waals surface area contributed by atoms with Gasteiger partial charge in [-0.25, -0.2) is 4.39 Å². The average Bonchev–Trinajstić information content (AvgIpc) is 2.45. The first kappa shape index (κ1) is 15.3. The minimum Gasteiger partial charge on any atom is -0.396 e. The molecule has 0 amide bonds. The van der Waals surface area contributed by atoms with Gasteiger partial charge >= 0.3 is 0 Å². The third-order valence-electron chi connectivity index (χ3n) is 3.86. The van der Waals surface area contributed by atoms with E-state index in [1.165, 1.54) is 6.07 Å².